The lowest BCUT2D eigenvalue weighted by atomic mass is 10.1. The first-order valence-electron chi connectivity index (χ1n) is 14.1. The van der Waals surface area contributed by atoms with Gasteiger partial charge in [0.2, 0.25) is 11.9 Å². The maximum absolute atomic E-state index is 13.6. The summed E-state index contributed by atoms with van der Waals surface area (Å²) in [6.07, 6.45) is 0.693. The van der Waals surface area contributed by atoms with Crippen LogP contribution in [0.2, 0.25) is 0 Å². The molecule has 1 fully saturated rings. The zero-order valence-corrected chi connectivity index (χ0v) is 25.9. The zero-order chi connectivity index (χ0) is 31.6. The maximum atomic E-state index is 13.6. The van der Waals surface area contributed by atoms with Gasteiger partial charge in [-0.05, 0) is 71.1 Å². The molecule has 2 aromatic carbocycles. The second-order valence-corrected chi connectivity index (χ2v) is 13.0. The van der Waals surface area contributed by atoms with E-state index in [0.717, 1.165) is 11.1 Å². The van der Waals surface area contributed by atoms with Crippen LogP contribution in [0, 0.1) is 6.92 Å². The Labute approximate surface area is 253 Å². The molecule has 2 amide bonds. The van der Waals surface area contributed by atoms with Crippen LogP contribution in [0.25, 0.3) is 0 Å². The highest BCUT2D eigenvalue weighted by Crippen LogP contribution is 2.22. The number of guanidine groups is 1. The molecule has 0 unspecified atom stereocenters. The molecule has 0 aromatic heterocycles. The highest BCUT2D eigenvalue weighted by molar-refractivity contribution is 7.90. The molecule has 3 rings (SSSR count). The molecule has 0 radical (unpaired) electrons. The number of sulfonamides is 1. The Balaban J connectivity index is 1.64. The summed E-state index contributed by atoms with van der Waals surface area (Å²) >= 11 is 0. The van der Waals surface area contributed by atoms with Gasteiger partial charge in [-0.2, -0.15) is 0 Å². The number of nitrogens with zero attached hydrogens (tertiary/aromatic N) is 2. The van der Waals surface area contributed by atoms with Crippen molar-refractivity contribution in [2.75, 3.05) is 13.1 Å². The van der Waals surface area contributed by atoms with Gasteiger partial charge < -0.3 is 25.4 Å². The van der Waals surface area contributed by atoms with Crippen LogP contribution >= 0.6 is 0 Å². The zero-order valence-electron chi connectivity index (χ0n) is 25.0. The third-order valence-electron chi connectivity index (χ3n) is 6.52. The molecule has 2 atom stereocenters. The lowest BCUT2D eigenvalue weighted by Crippen LogP contribution is -2.52. The summed E-state index contributed by atoms with van der Waals surface area (Å²) in [6, 6.07) is 13.7. The van der Waals surface area contributed by atoms with Crippen LogP contribution in [0.15, 0.2) is 64.5 Å². The van der Waals surface area contributed by atoms with Gasteiger partial charge in [0.25, 0.3) is 10.0 Å². The van der Waals surface area contributed by atoms with Crippen LogP contribution in [-0.4, -0.2) is 68.0 Å². The van der Waals surface area contributed by atoms with Crippen LogP contribution in [0.3, 0.4) is 0 Å². The van der Waals surface area contributed by atoms with Gasteiger partial charge in [0.05, 0.1) is 4.90 Å². The van der Waals surface area contributed by atoms with Gasteiger partial charge in [-0.15, -0.1) is 0 Å². The number of carbonyl (C=O) groups excluding carboxylic acids is 3. The predicted molar refractivity (Wildman–Crippen MR) is 161 cm³/mol. The summed E-state index contributed by atoms with van der Waals surface area (Å²) in [5.74, 6) is -1.25. The standard InChI is InChI=1S/C30H41N5O7S/c1-21-14-16-23(17-15-21)43(39,40)34-28(31)32-18-8-12-24(33-29(38)42-30(2,3)4)26(36)35-19-9-13-25(35)27(37)41-20-22-10-6-5-7-11-22/h5-7,10-11,14-17,24-25H,8-9,12-13,18-20H2,1-4H3,(H,33,38)(H3,31,32,34)/t24-,25-/m0/s1. The number of esters is 1. The lowest BCUT2D eigenvalue weighted by Gasteiger charge is -2.29. The van der Waals surface area contributed by atoms with Crippen molar-refractivity contribution in [3.63, 3.8) is 0 Å². The molecule has 0 bridgehead atoms. The van der Waals surface area contributed by atoms with Crippen molar-refractivity contribution < 1.29 is 32.3 Å². The van der Waals surface area contributed by atoms with Crippen molar-refractivity contribution in [1.29, 1.82) is 0 Å². The normalized spacial score (nSPS) is 16.3. The second-order valence-electron chi connectivity index (χ2n) is 11.3. The minimum absolute atomic E-state index is 0.0472. The van der Waals surface area contributed by atoms with Gasteiger partial charge in [0.1, 0.15) is 24.3 Å². The van der Waals surface area contributed by atoms with E-state index in [1.807, 2.05) is 37.3 Å². The number of rotatable bonds is 11. The smallest absolute Gasteiger partial charge is 0.408 e. The molecular formula is C30H41N5O7S. The van der Waals surface area contributed by atoms with Crippen molar-refractivity contribution >= 4 is 34.0 Å². The van der Waals surface area contributed by atoms with Gasteiger partial charge in [-0.25, -0.2) is 22.7 Å². The van der Waals surface area contributed by atoms with E-state index in [0.29, 0.717) is 19.4 Å². The minimum Gasteiger partial charge on any atom is -0.459 e. The number of aryl methyl sites for hydroxylation is 1. The molecule has 0 spiro atoms. The average molecular weight is 616 g/mol. The molecule has 1 saturated heterocycles. The Morgan fingerprint density at radius 3 is 2.42 bits per heavy atom. The monoisotopic (exact) mass is 615 g/mol. The summed E-state index contributed by atoms with van der Waals surface area (Å²) in [4.78, 5) is 44.7. The number of likely N-dealkylation sites (tertiary alicyclic amines) is 1. The molecule has 234 valence electrons. The summed E-state index contributed by atoms with van der Waals surface area (Å²) in [6.45, 7) is 7.46. The molecule has 12 nitrogen and oxygen atoms in total. The fraction of sp³-hybridized carbons (Fsp3) is 0.467. The Morgan fingerprint density at radius 1 is 1.09 bits per heavy atom. The van der Waals surface area contributed by atoms with Crippen molar-refractivity contribution in [3.05, 3.63) is 65.7 Å². The van der Waals surface area contributed by atoms with E-state index >= 15 is 0 Å². The quantitative estimate of drug-likeness (QED) is 0.150. The van der Waals surface area contributed by atoms with Gasteiger partial charge in [-0.3, -0.25) is 9.79 Å². The molecule has 0 aliphatic carbocycles. The summed E-state index contributed by atoms with van der Waals surface area (Å²) in [5.41, 5.74) is 6.77. The van der Waals surface area contributed by atoms with Crippen LogP contribution in [-0.2, 0) is 35.7 Å². The molecule has 0 saturated carbocycles. The number of hydrogen-bond donors (Lipinski definition) is 3. The number of alkyl carbamates (subject to hydrolysis) is 1. The first-order chi connectivity index (χ1) is 20.2. The number of aliphatic imine (C=N–C) groups is 1. The summed E-state index contributed by atoms with van der Waals surface area (Å²) in [5, 5.41) is 2.62. The highest BCUT2D eigenvalue weighted by Gasteiger charge is 2.39. The predicted octanol–water partition coefficient (Wildman–Crippen LogP) is 3.00. The summed E-state index contributed by atoms with van der Waals surface area (Å²) in [7, 11) is -3.91. The fourth-order valence-electron chi connectivity index (χ4n) is 4.45. The number of nitrogens with two attached hydrogens (primary N) is 1. The van der Waals surface area contributed by atoms with Gasteiger partial charge in [-0.1, -0.05) is 48.0 Å². The van der Waals surface area contributed by atoms with Crippen LogP contribution in [0.4, 0.5) is 4.79 Å². The third kappa shape index (κ3) is 10.6. The van der Waals surface area contributed by atoms with Crippen molar-refractivity contribution in [2.24, 2.45) is 10.7 Å². The van der Waals surface area contributed by atoms with E-state index in [9.17, 15) is 22.8 Å². The van der Waals surface area contributed by atoms with Crippen molar-refractivity contribution in [3.8, 4) is 0 Å². The van der Waals surface area contributed by atoms with Crippen LogP contribution in [0.1, 0.15) is 57.6 Å². The minimum atomic E-state index is -3.91. The van der Waals surface area contributed by atoms with Crippen molar-refractivity contribution in [2.45, 2.75) is 82.6 Å². The van der Waals surface area contributed by atoms with Crippen molar-refractivity contribution in [1.82, 2.24) is 14.9 Å². The van der Waals surface area contributed by atoms with E-state index in [4.69, 9.17) is 15.2 Å². The van der Waals surface area contributed by atoms with Crippen LogP contribution in [0.5, 0.6) is 0 Å². The van der Waals surface area contributed by atoms with Gasteiger partial charge >= 0.3 is 12.1 Å². The highest BCUT2D eigenvalue weighted by atomic mass is 32.2. The Morgan fingerprint density at radius 2 is 1.77 bits per heavy atom. The number of benzene rings is 2. The topological polar surface area (TPSA) is 169 Å². The van der Waals surface area contributed by atoms with Crippen LogP contribution < -0.4 is 15.8 Å². The number of nitrogens with one attached hydrogen (secondary N) is 2. The number of hydrogen-bond acceptors (Lipinski definition) is 8. The largest absolute Gasteiger partial charge is 0.459 e. The third-order valence-corrected chi connectivity index (χ3v) is 7.89. The van der Waals surface area contributed by atoms with E-state index < -0.39 is 45.7 Å². The SMILES string of the molecule is Cc1ccc(S(=O)(=O)NC(N)=NCCC[C@H](NC(=O)OC(C)(C)C)C(=O)N2CCC[C@H]2C(=O)OCc2ccccc2)cc1. The molecule has 13 heteroatoms. The van der Waals surface area contributed by atoms with Gasteiger partial charge in [0, 0.05) is 13.1 Å². The molecule has 1 aliphatic heterocycles. The molecule has 1 heterocycles. The number of ether oxygens (including phenoxy) is 2. The maximum Gasteiger partial charge on any atom is 0.408 e. The average Bonchev–Trinajstić information content (AvgIpc) is 3.43. The van der Waals surface area contributed by atoms with E-state index in [1.54, 1.807) is 32.9 Å². The molecule has 43 heavy (non-hydrogen) atoms. The molecular weight excluding hydrogens is 574 g/mol. The number of carbonyl (C=O) groups is 3. The number of amides is 2. The Hall–Kier alpha value is -4.13. The lowest BCUT2D eigenvalue weighted by molar-refractivity contribution is -0.155. The van der Waals surface area contributed by atoms with E-state index in [1.165, 1.54) is 17.0 Å². The van der Waals surface area contributed by atoms with Gasteiger partial charge in [0.15, 0.2) is 0 Å². The molecule has 4 N–H and O–H groups in total. The first-order valence-corrected chi connectivity index (χ1v) is 15.6. The first kappa shape index (κ1) is 33.4. The molecule has 2 aromatic rings. The molecule has 1 aliphatic rings. The Bertz CT molecular complexity index is 1390. The van der Waals surface area contributed by atoms with E-state index in [-0.39, 0.29) is 36.8 Å². The summed E-state index contributed by atoms with van der Waals surface area (Å²) < 4.78 is 38.2. The van der Waals surface area contributed by atoms with E-state index in [2.05, 4.69) is 15.0 Å². The fourth-order valence-corrected chi connectivity index (χ4v) is 5.40. The Kier molecular flexibility index (Phi) is 11.5. The second kappa shape index (κ2) is 14.9.